The van der Waals surface area contributed by atoms with Gasteiger partial charge in [-0.1, -0.05) is 14.5 Å². The van der Waals surface area contributed by atoms with Gasteiger partial charge in [0.15, 0.2) is 34.6 Å². The fourth-order valence-corrected chi connectivity index (χ4v) is 7.91. The summed E-state index contributed by atoms with van der Waals surface area (Å²) in [6, 6.07) is 8.32. The number of halogens is 2. The molecule has 0 radical (unpaired) electrons. The predicted octanol–water partition coefficient (Wildman–Crippen LogP) is 3.68. The van der Waals surface area contributed by atoms with Crippen molar-refractivity contribution in [1.82, 2.24) is 4.31 Å². The maximum atomic E-state index is 13.2. The van der Waals surface area contributed by atoms with Crippen molar-refractivity contribution in [3.8, 4) is 40.6 Å². The van der Waals surface area contributed by atoms with Crippen molar-refractivity contribution in [3.63, 3.8) is 0 Å². The van der Waals surface area contributed by atoms with E-state index in [-0.39, 0.29) is 43.2 Å². The number of Topliss-reactive ketones (excluding diaryl/α,β-unsaturated/α-hetero) is 2. The molecule has 0 bridgehead atoms. The van der Waals surface area contributed by atoms with Crippen LogP contribution in [-0.2, 0) is 20.8 Å². The summed E-state index contributed by atoms with van der Waals surface area (Å²) in [5.74, 6) is 2.85. The fourth-order valence-electron chi connectivity index (χ4n) is 6.56. The lowest BCUT2D eigenvalue weighted by Crippen LogP contribution is -2.87. The molecular formula is C39H56F2N5O12S2+. The molecule has 3 aliphatic heterocycles. The van der Waals surface area contributed by atoms with Crippen LogP contribution in [0.5, 0.6) is 34.5 Å². The van der Waals surface area contributed by atoms with Gasteiger partial charge in [0.05, 0.1) is 61.8 Å². The van der Waals surface area contributed by atoms with Crippen LogP contribution in [0.3, 0.4) is 0 Å². The van der Waals surface area contributed by atoms with E-state index in [1.807, 2.05) is 0 Å². The van der Waals surface area contributed by atoms with Gasteiger partial charge in [-0.25, -0.2) is 0 Å². The van der Waals surface area contributed by atoms with Crippen LogP contribution in [0, 0.1) is 35.9 Å². The summed E-state index contributed by atoms with van der Waals surface area (Å²) < 4.78 is 102. The van der Waals surface area contributed by atoms with Crippen LogP contribution < -0.4 is 33.7 Å². The standard InChI is InChI=1S/C16H22FNO6S.C16H23NO4.C5H7FN2O2S.C2H3N/c1-22-14-8-12(9-15(23-2)16(14)24-3)13(19)7-11-5-4-6-18(10-11)25(17,20)21;1-19-14-8-12(9-15(20-2)16(14)21-3)13(18)7-11-5-4-6-17-10-11;1-5-7(2)3-4-8(5)11(6,9)10;1-2-3/h8-9,11H,4-7,10H2,1-3H3;8-9,11,17H,4-7,10H2,1-3H3;3-4H,2H2,1H3;1H3/p+1. The molecule has 60 heavy (non-hydrogen) atoms. The Morgan fingerprint density at radius 2 is 1.28 bits per heavy atom. The van der Waals surface area contributed by atoms with Crippen molar-refractivity contribution >= 4 is 45.3 Å². The van der Waals surface area contributed by atoms with Crippen LogP contribution in [0.1, 0.15) is 73.1 Å². The lowest BCUT2D eigenvalue weighted by atomic mass is 9.91. The average Bonchev–Trinajstić information content (AvgIpc) is 3.58. The zero-order valence-electron chi connectivity index (χ0n) is 35.2. The van der Waals surface area contributed by atoms with Crippen molar-refractivity contribution < 1.29 is 76.5 Å². The Morgan fingerprint density at radius 1 is 0.850 bits per heavy atom. The molecule has 2 aromatic rings. The SMILES string of the molecule is C=[N+]1[CH-]C=[N+](S(=O)(=O)F)[C-]1C.CC#N.COc1cc(C(=O)CC2CCCN(S(=O)(=O)F)C2)cc(OC)c1OC.COc1cc(C(=O)CC2CCC[NH2+]C2)cc(OC)c1OC. The summed E-state index contributed by atoms with van der Waals surface area (Å²) in [4.78, 5) is 25.1. The molecular weight excluding hydrogens is 833 g/mol. The maximum absolute atomic E-state index is 13.2. The van der Waals surface area contributed by atoms with E-state index in [1.54, 1.807) is 51.7 Å². The third kappa shape index (κ3) is 14.8. The topological polar surface area (TPSA) is 207 Å². The van der Waals surface area contributed by atoms with E-state index in [4.69, 9.17) is 33.7 Å². The zero-order valence-corrected chi connectivity index (χ0v) is 36.9. The number of piperidine rings is 2. The molecule has 0 saturated carbocycles. The average molecular weight is 889 g/mol. The highest BCUT2D eigenvalue weighted by atomic mass is 32.3. The van der Waals surface area contributed by atoms with E-state index in [2.05, 4.69) is 12.0 Å². The number of hydrogen-bond acceptors (Lipinski definition) is 13. The third-order valence-corrected chi connectivity index (χ3v) is 11.4. The van der Waals surface area contributed by atoms with E-state index in [9.17, 15) is 34.2 Å². The van der Waals surface area contributed by atoms with Gasteiger partial charge in [0.2, 0.25) is 17.7 Å². The van der Waals surface area contributed by atoms with E-state index in [1.165, 1.54) is 59.3 Å². The highest BCUT2D eigenvalue weighted by Crippen LogP contribution is 2.40. The molecule has 2 N–H and O–H groups in total. The van der Waals surface area contributed by atoms with Crippen molar-refractivity contribution in [2.45, 2.75) is 52.4 Å². The van der Waals surface area contributed by atoms with Crippen molar-refractivity contribution in [1.29, 1.82) is 5.26 Å². The molecule has 17 nitrogen and oxygen atoms in total. The molecule has 334 valence electrons. The molecule has 2 saturated heterocycles. The van der Waals surface area contributed by atoms with Crippen LogP contribution in [-0.4, -0.2) is 123 Å². The molecule has 3 aliphatic rings. The lowest BCUT2D eigenvalue weighted by Gasteiger charge is -2.28. The number of methoxy groups -OCH3 is 6. The smallest absolute Gasteiger partial charge is 0.493 e. The molecule has 21 heteroatoms. The maximum Gasteiger partial charge on any atom is 0.536 e. The van der Waals surface area contributed by atoms with E-state index in [0.717, 1.165) is 23.5 Å². The van der Waals surface area contributed by atoms with Gasteiger partial charge in [-0.3, -0.25) is 9.59 Å². The number of carbonyl (C=O) groups is 2. The van der Waals surface area contributed by atoms with Crippen LogP contribution in [0.4, 0.5) is 7.77 Å². The van der Waals surface area contributed by atoms with Gasteiger partial charge in [0, 0.05) is 56.4 Å². The zero-order chi connectivity index (χ0) is 45.2. The Balaban J connectivity index is 0.000000319. The van der Waals surface area contributed by atoms with Crippen molar-refractivity contribution in [2.24, 2.45) is 11.8 Å². The van der Waals surface area contributed by atoms with Gasteiger partial charge in [0.25, 0.3) is 0 Å². The van der Waals surface area contributed by atoms with Gasteiger partial charge >= 0.3 is 20.8 Å². The molecule has 2 fully saturated rings. The van der Waals surface area contributed by atoms with Gasteiger partial charge in [-0.2, -0.15) is 18.0 Å². The van der Waals surface area contributed by atoms with Crippen molar-refractivity contribution in [3.05, 3.63) is 48.1 Å². The van der Waals surface area contributed by atoms with Crippen LogP contribution in [0.25, 0.3) is 0 Å². The first-order chi connectivity index (χ1) is 28.3. The Kier molecular flexibility index (Phi) is 20.5. The second-order valence-electron chi connectivity index (χ2n) is 13.5. The number of rotatable bonds is 14. The Bertz CT molecular complexity index is 2040. The minimum atomic E-state index is -4.72. The molecule has 0 aromatic heterocycles. The molecule has 5 rings (SSSR count). The summed E-state index contributed by atoms with van der Waals surface area (Å²) >= 11 is 0. The molecule has 0 amide bonds. The number of ketones is 2. The first kappa shape index (κ1) is 51.0. The van der Waals surface area contributed by atoms with Gasteiger partial charge in [-0.05, 0) is 62.8 Å². The number of quaternary nitrogens is 1. The molecule has 3 heterocycles. The number of benzene rings is 2. The summed E-state index contributed by atoms with van der Waals surface area (Å²) in [5, 5.41) is 9.61. The Labute approximate surface area is 352 Å². The summed E-state index contributed by atoms with van der Waals surface area (Å²) in [5.41, 5.74) is 0.991. The summed E-state index contributed by atoms with van der Waals surface area (Å²) in [7, 11) is -0.333. The lowest BCUT2D eigenvalue weighted by molar-refractivity contribution is -0.668. The first-order valence-electron chi connectivity index (χ1n) is 18.7. The van der Waals surface area contributed by atoms with Gasteiger partial charge in [0.1, 0.15) is 6.21 Å². The monoisotopic (exact) mass is 888 g/mol. The highest BCUT2D eigenvalue weighted by Gasteiger charge is 2.32. The Morgan fingerprint density at radius 3 is 1.60 bits per heavy atom. The number of nitrogens with two attached hydrogens (primary N) is 1. The second kappa shape index (κ2) is 24.2. The second-order valence-corrected chi connectivity index (χ2v) is 16.0. The van der Waals surface area contributed by atoms with Gasteiger partial charge < -0.3 is 38.3 Å². The number of nitriles is 1. The van der Waals surface area contributed by atoms with Gasteiger partial charge in [-0.15, -0.1) is 12.4 Å². The Hall–Kier alpha value is -5.17. The number of nitrogens with zero attached hydrogens (tertiary/aromatic N) is 4. The largest absolute Gasteiger partial charge is 0.536 e. The van der Waals surface area contributed by atoms with Crippen LogP contribution in [0.15, 0.2) is 24.3 Å². The highest BCUT2D eigenvalue weighted by molar-refractivity contribution is 7.84. The fraction of sp³-hybridized carbons (Fsp3) is 0.513. The molecule has 2 atom stereocenters. The molecule has 2 unspecified atom stereocenters. The predicted molar refractivity (Wildman–Crippen MR) is 217 cm³/mol. The molecule has 0 aliphatic carbocycles. The summed E-state index contributed by atoms with van der Waals surface area (Å²) in [6.07, 6.45) is 5.52. The molecule has 0 spiro atoms. The first-order valence-corrected chi connectivity index (χ1v) is 21.4. The number of hydrogen-bond donors (Lipinski definition) is 1. The number of carbonyl (C=O) groups excluding carboxylic acids is 2. The minimum absolute atomic E-state index is 0.00893. The molecule has 2 aromatic carbocycles. The third-order valence-electron chi connectivity index (χ3n) is 9.58. The van der Waals surface area contributed by atoms with E-state index >= 15 is 0 Å². The normalized spacial score (nSPS) is 17.6. The van der Waals surface area contributed by atoms with Crippen molar-refractivity contribution in [2.75, 3.05) is 68.8 Å². The van der Waals surface area contributed by atoms with E-state index in [0.29, 0.717) is 74.8 Å². The number of ether oxygens (including phenoxy) is 6. The van der Waals surface area contributed by atoms with Crippen LogP contribution in [0.2, 0.25) is 0 Å². The minimum Gasteiger partial charge on any atom is -0.493 e. The van der Waals surface area contributed by atoms with E-state index < -0.39 is 20.8 Å². The summed E-state index contributed by atoms with van der Waals surface area (Å²) in [6.45, 7) is 10.0. The quantitative estimate of drug-likeness (QED) is 0.125. The van der Waals surface area contributed by atoms with Crippen LogP contribution >= 0.6 is 0 Å².